The number of carbonyl (C=O) groups excluding carboxylic acids is 2. The number of carbonyl (C=O) groups is 2. The fraction of sp³-hybridized carbons (Fsp3) is 0.200. The maximum absolute atomic E-state index is 12.9. The van der Waals surface area contributed by atoms with Crippen molar-refractivity contribution >= 4 is 29.0 Å². The Morgan fingerprint density at radius 1 is 0.806 bits per heavy atom. The van der Waals surface area contributed by atoms with Crippen LogP contribution >= 0.6 is 0 Å². The zero-order chi connectivity index (χ0) is 22.2. The van der Waals surface area contributed by atoms with E-state index < -0.39 is 0 Å². The molecule has 3 aromatic rings. The molecule has 0 saturated heterocycles. The summed E-state index contributed by atoms with van der Waals surface area (Å²) in [4.78, 5) is 27.2. The highest BCUT2D eigenvalue weighted by atomic mass is 16.2. The molecule has 160 valence electrons. The zero-order valence-corrected chi connectivity index (χ0v) is 18.1. The number of hydrogen-bond acceptors (Lipinski definition) is 3. The second-order valence-corrected chi connectivity index (χ2v) is 7.43. The molecule has 0 fully saturated rings. The van der Waals surface area contributed by atoms with Crippen LogP contribution in [-0.4, -0.2) is 26.0 Å². The first-order chi connectivity index (χ1) is 15.0. The van der Waals surface area contributed by atoms with E-state index in [2.05, 4.69) is 22.9 Å². The van der Waals surface area contributed by atoms with Gasteiger partial charge in [-0.2, -0.15) is 0 Å². The fourth-order valence-corrected chi connectivity index (χ4v) is 3.22. The van der Waals surface area contributed by atoms with E-state index in [9.17, 15) is 9.59 Å². The van der Waals surface area contributed by atoms with Crippen molar-refractivity contribution < 1.29 is 9.59 Å². The lowest BCUT2D eigenvalue weighted by molar-refractivity contribution is 0.0951. The van der Waals surface area contributed by atoms with Crippen LogP contribution in [0.25, 0.3) is 0 Å². The first-order valence-corrected chi connectivity index (χ1v) is 10.3. The van der Waals surface area contributed by atoms with Crippen molar-refractivity contribution in [1.82, 2.24) is 5.32 Å². The van der Waals surface area contributed by atoms with Gasteiger partial charge in [-0.25, -0.2) is 4.79 Å². The SMILES string of the molecule is CCc1cccc(NC(=O)Nc2ccc(N(C)C)c(C(=O)NCc3ccccc3)c2)c1. The summed E-state index contributed by atoms with van der Waals surface area (Å²) in [5, 5.41) is 8.60. The molecule has 3 rings (SSSR count). The summed E-state index contributed by atoms with van der Waals surface area (Å²) in [6, 6.07) is 22.4. The maximum atomic E-state index is 12.9. The normalized spacial score (nSPS) is 10.3. The molecule has 3 N–H and O–H groups in total. The maximum Gasteiger partial charge on any atom is 0.323 e. The van der Waals surface area contributed by atoms with Crippen LogP contribution in [0, 0.1) is 0 Å². The van der Waals surface area contributed by atoms with Crippen molar-refractivity contribution in [3.8, 4) is 0 Å². The van der Waals surface area contributed by atoms with E-state index in [1.165, 1.54) is 0 Å². The lowest BCUT2D eigenvalue weighted by atomic mass is 10.1. The van der Waals surface area contributed by atoms with Crippen LogP contribution in [-0.2, 0) is 13.0 Å². The summed E-state index contributed by atoms with van der Waals surface area (Å²) in [5.41, 5.74) is 4.69. The number of amides is 3. The predicted molar refractivity (Wildman–Crippen MR) is 127 cm³/mol. The average Bonchev–Trinajstić information content (AvgIpc) is 2.78. The van der Waals surface area contributed by atoms with Crippen molar-refractivity contribution in [3.05, 3.63) is 89.5 Å². The van der Waals surface area contributed by atoms with Crippen LogP contribution in [0.3, 0.4) is 0 Å². The molecule has 3 aromatic carbocycles. The third-order valence-electron chi connectivity index (χ3n) is 4.87. The number of urea groups is 1. The van der Waals surface area contributed by atoms with E-state index in [1.807, 2.05) is 79.7 Å². The second kappa shape index (κ2) is 10.3. The highest BCUT2D eigenvalue weighted by Crippen LogP contribution is 2.23. The summed E-state index contributed by atoms with van der Waals surface area (Å²) >= 11 is 0. The van der Waals surface area contributed by atoms with Crippen molar-refractivity contribution in [3.63, 3.8) is 0 Å². The van der Waals surface area contributed by atoms with Gasteiger partial charge in [0.05, 0.1) is 5.56 Å². The van der Waals surface area contributed by atoms with E-state index in [0.717, 1.165) is 28.9 Å². The van der Waals surface area contributed by atoms with Crippen LogP contribution in [0.5, 0.6) is 0 Å². The number of nitrogens with one attached hydrogen (secondary N) is 3. The fourth-order valence-electron chi connectivity index (χ4n) is 3.22. The topological polar surface area (TPSA) is 73.5 Å². The molecule has 0 heterocycles. The molecule has 0 unspecified atom stereocenters. The van der Waals surface area contributed by atoms with Gasteiger partial charge in [0.2, 0.25) is 0 Å². The second-order valence-electron chi connectivity index (χ2n) is 7.43. The Balaban J connectivity index is 1.72. The van der Waals surface area contributed by atoms with E-state index >= 15 is 0 Å². The standard InChI is InChI=1S/C25H28N4O2/c1-4-18-11-8-12-20(15-18)27-25(31)28-21-13-14-23(29(2)3)22(16-21)24(30)26-17-19-9-6-5-7-10-19/h5-16H,4,17H2,1-3H3,(H,26,30)(H2,27,28,31). The number of anilines is 3. The van der Waals surface area contributed by atoms with Gasteiger partial charge in [-0.15, -0.1) is 0 Å². The number of hydrogen-bond donors (Lipinski definition) is 3. The Hall–Kier alpha value is -3.80. The van der Waals surface area contributed by atoms with Gasteiger partial charge < -0.3 is 20.9 Å². The molecule has 6 heteroatoms. The highest BCUT2D eigenvalue weighted by Gasteiger charge is 2.15. The molecule has 0 aliphatic rings. The Kier molecular flexibility index (Phi) is 7.27. The van der Waals surface area contributed by atoms with Gasteiger partial charge in [0.25, 0.3) is 5.91 Å². The lowest BCUT2D eigenvalue weighted by Gasteiger charge is -2.19. The Labute approximate surface area is 183 Å². The van der Waals surface area contributed by atoms with Crippen LogP contribution in [0.15, 0.2) is 72.8 Å². The monoisotopic (exact) mass is 416 g/mol. The molecule has 0 aliphatic heterocycles. The molecule has 0 bridgehead atoms. The Bertz CT molecular complexity index is 1050. The number of nitrogens with zero attached hydrogens (tertiary/aromatic N) is 1. The minimum absolute atomic E-state index is 0.202. The highest BCUT2D eigenvalue weighted by molar-refractivity contribution is 6.04. The lowest BCUT2D eigenvalue weighted by Crippen LogP contribution is -2.26. The van der Waals surface area contributed by atoms with Crippen LogP contribution in [0.4, 0.5) is 21.9 Å². The van der Waals surface area contributed by atoms with Gasteiger partial charge in [-0.1, -0.05) is 49.4 Å². The average molecular weight is 417 g/mol. The summed E-state index contributed by atoms with van der Waals surface area (Å²) in [6.07, 6.45) is 0.893. The minimum Gasteiger partial charge on any atom is -0.377 e. The smallest absolute Gasteiger partial charge is 0.323 e. The molecule has 0 aromatic heterocycles. The first-order valence-electron chi connectivity index (χ1n) is 10.3. The van der Waals surface area contributed by atoms with Gasteiger partial charge in [-0.3, -0.25) is 4.79 Å². The zero-order valence-electron chi connectivity index (χ0n) is 18.1. The quantitative estimate of drug-likeness (QED) is 0.513. The van der Waals surface area contributed by atoms with E-state index in [1.54, 1.807) is 12.1 Å². The molecule has 31 heavy (non-hydrogen) atoms. The summed E-state index contributed by atoms with van der Waals surface area (Å²) in [7, 11) is 3.76. The molecule has 3 amide bonds. The third kappa shape index (κ3) is 6.09. The molecule has 0 aliphatic carbocycles. The Morgan fingerprint density at radius 2 is 1.48 bits per heavy atom. The minimum atomic E-state index is -0.360. The largest absolute Gasteiger partial charge is 0.377 e. The van der Waals surface area contributed by atoms with E-state index in [0.29, 0.717) is 17.8 Å². The third-order valence-corrected chi connectivity index (χ3v) is 4.87. The Morgan fingerprint density at radius 3 is 2.16 bits per heavy atom. The van der Waals surface area contributed by atoms with Crippen molar-refractivity contribution in [1.29, 1.82) is 0 Å². The predicted octanol–water partition coefficient (Wildman–Crippen LogP) is 4.89. The van der Waals surface area contributed by atoms with Crippen LogP contribution < -0.4 is 20.9 Å². The van der Waals surface area contributed by atoms with Crippen molar-refractivity contribution in [2.45, 2.75) is 19.9 Å². The molecular weight excluding hydrogens is 388 g/mol. The van der Waals surface area contributed by atoms with Gasteiger partial charge in [0, 0.05) is 37.7 Å². The number of rotatable bonds is 7. The van der Waals surface area contributed by atoms with Gasteiger partial charge >= 0.3 is 6.03 Å². The summed E-state index contributed by atoms with van der Waals surface area (Å²) in [5.74, 6) is -0.202. The van der Waals surface area contributed by atoms with Gasteiger partial charge in [0.1, 0.15) is 0 Å². The molecular formula is C25H28N4O2. The molecule has 6 nitrogen and oxygen atoms in total. The number of aryl methyl sites for hydroxylation is 1. The van der Waals surface area contributed by atoms with Crippen molar-refractivity contribution in [2.75, 3.05) is 29.6 Å². The molecule has 0 radical (unpaired) electrons. The molecule has 0 spiro atoms. The van der Waals surface area contributed by atoms with Crippen LogP contribution in [0.1, 0.15) is 28.4 Å². The van der Waals surface area contributed by atoms with E-state index in [-0.39, 0.29) is 11.9 Å². The van der Waals surface area contributed by atoms with Gasteiger partial charge in [0.15, 0.2) is 0 Å². The summed E-state index contributed by atoms with van der Waals surface area (Å²) < 4.78 is 0. The number of benzene rings is 3. The summed E-state index contributed by atoms with van der Waals surface area (Å²) in [6.45, 7) is 2.49. The first kappa shape index (κ1) is 21.9. The molecule has 0 saturated carbocycles. The molecule has 0 atom stereocenters. The van der Waals surface area contributed by atoms with Crippen molar-refractivity contribution in [2.24, 2.45) is 0 Å². The van der Waals surface area contributed by atoms with Gasteiger partial charge in [-0.05, 0) is 47.9 Å². The van der Waals surface area contributed by atoms with E-state index in [4.69, 9.17) is 0 Å². The van der Waals surface area contributed by atoms with Crippen LogP contribution in [0.2, 0.25) is 0 Å².